The lowest BCUT2D eigenvalue weighted by atomic mass is 9.95. The molecule has 0 aromatic rings. The van der Waals surface area contributed by atoms with Gasteiger partial charge in [0.2, 0.25) is 0 Å². The molecule has 0 unspecified atom stereocenters. The molecule has 1 rings (SSSR count). The Bertz CT molecular complexity index is 167. The van der Waals surface area contributed by atoms with Crippen molar-refractivity contribution in [1.82, 2.24) is 0 Å². The molecular weight excluding hydrogens is 202 g/mol. The average Bonchev–Trinajstić information content (AvgIpc) is 2.17. The highest BCUT2D eigenvalue weighted by atomic mass is 35.5. The summed E-state index contributed by atoms with van der Waals surface area (Å²) in [5, 5.41) is 9.55. The van der Waals surface area contributed by atoms with Crippen LogP contribution in [0.5, 0.6) is 0 Å². The fourth-order valence-corrected chi connectivity index (χ4v) is 1.59. The lowest BCUT2D eigenvalue weighted by Crippen LogP contribution is -2.38. The standard InChI is InChI=1S/C6H11BCl2O3/c1-11-2-3-4(10)6(8,9)5(7)12-3/h3-5,10H,2,7H2,1H3/t3-,4-,5-/m1/s1. The fourth-order valence-electron chi connectivity index (χ4n) is 1.21. The van der Waals surface area contributed by atoms with Crippen molar-refractivity contribution in [1.29, 1.82) is 0 Å². The SMILES string of the molecule is B[C@@H]1O[C@H](COC)[C@@H](O)C1(Cl)Cl. The van der Waals surface area contributed by atoms with E-state index in [-0.39, 0.29) is 6.00 Å². The first-order chi connectivity index (χ1) is 5.50. The topological polar surface area (TPSA) is 38.7 Å². The van der Waals surface area contributed by atoms with Crippen LogP contribution in [0.4, 0.5) is 0 Å². The van der Waals surface area contributed by atoms with Gasteiger partial charge in [0.25, 0.3) is 0 Å². The molecule has 0 aromatic heterocycles. The maximum atomic E-state index is 9.55. The zero-order chi connectivity index (χ0) is 9.35. The fraction of sp³-hybridized carbons (Fsp3) is 1.00. The first-order valence-corrected chi connectivity index (χ1v) is 4.46. The zero-order valence-electron chi connectivity index (χ0n) is 6.96. The Kier molecular flexibility index (Phi) is 3.29. The number of alkyl halides is 2. The molecule has 0 bridgehead atoms. The van der Waals surface area contributed by atoms with Crippen molar-refractivity contribution >= 4 is 31.0 Å². The summed E-state index contributed by atoms with van der Waals surface area (Å²) in [4.78, 5) is 0. The largest absolute Gasteiger partial charge is 0.387 e. The van der Waals surface area contributed by atoms with E-state index in [1.54, 1.807) is 7.85 Å². The number of aliphatic hydroxyl groups is 1. The van der Waals surface area contributed by atoms with E-state index in [1.807, 2.05) is 0 Å². The molecule has 6 heteroatoms. The summed E-state index contributed by atoms with van der Waals surface area (Å²) in [6, 6.07) is -0.379. The van der Waals surface area contributed by atoms with Crippen LogP contribution in [-0.4, -0.2) is 49.2 Å². The van der Waals surface area contributed by atoms with Crippen LogP contribution >= 0.6 is 23.2 Å². The Balaban J connectivity index is 2.63. The summed E-state index contributed by atoms with van der Waals surface area (Å²) in [5.41, 5.74) is 0. The number of aliphatic hydroxyl groups excluding tert-OH is 1. The minimum absolute atomic E-state index is 0.298. The van der Waals surface area contributed by atoms with Gasteiger partial charge in [-0.3, -0.25) is 0 Å². The molecule has 1 aliphatic heterocycles. The second kappa shape index (κ2) is 3.72. The van der Waals surface area contributed by atoms with Crippen molar-refractivity contribution in [3.05, 3.63) is 0 Å². The molecule has 0 aliphatic carbocycles. The van der Waals surface area contributed by atoms with Gasteiger partial charge in [-0.15, -0.1) is 0 Å². The molecule has 1 N–H and O–H groups in total. The van der Waals surface area contributed by atoms with E-state index in [4.69, 9.17) is 32.7 Å². The van der Waals surface area contributed by atoms with Crippen LogP contribution in [0.3, 0.4) is 0 Å². The predicted molar refractivity (Wildman–Crippen MR) is 49.5 cm³/mol. The highest BCUT2D eigenvalue weighted by Crippen LogP contribution is 2.39. The normalized spacial score (nSPS) is 40.2. The van der Waals surface area contributed by atoms with Crippen molar-refractivity contribution in [3.63, 3.8) is 0 Å². The molecule has 3 atom stereocenters. The third-order valence-electron chi connectivity index (χ3n) is 2.00. The van der Waals surface area contributed by atoms with Gasteiger partial charge in [0.1, 0.15) is 20.1 Å². The molecule has 12 heavy (non-hydrogen) atoms. The number of rotatable bonds is 2. The molecule has 0 aromatic carbocycles. The maximum absolute atomic E-state index is 9.55. The van der Waals surface area contributed by atoms with Gasteiger partial charge in [-0.1, -0.05) is 23.2 Å². The van der Waals surface area contributed by atoms with Crippen LogP contribution < -0.4 is 0 Å². The van der Waals surface area contributed by atoms with E-state index >= 15 is 0 Å². The number of hydrogen-bond donors (Lipinski definition) is 1. The van der Waals surface area contributed by atoms with Crippen LogP contribution in [0.2, 0.25) is 0 Å². The smallest absolute Gasteiger partial charge is 0.164 e. The molecule has 3 nitrogen and oxygen atoms in total. The highest BCUT2D eigenvalue weighted by molar-refractivity contribution is 6.52. The first-order valence-electron chi connectivity index (χ1n) is 3.70. The zero-order valence-corrected chi connectivity index (χ0v) is 8.47. The molecule has 0 amide bonds. The second-order valence-electron chi connectivity index (χ2n) is 2.89. The second-order valence-corrected chi connectivity index (χ2v) is 4.34. The minimum Gasteiger partial charge on any atom is -0.387 e. The maximum Gasteiger partial charge on any atom is 0.164 e. The van der Waals surface area contributed by atoms with E-state index < -0.39 is 16.5 Å². The number of methoxy groups -OCH3 is 1. The molecule has 1 saturated heterocycles. The van der Waals surface area contributed by atoms with E-state index in [0.29, 0.717) is 6.61 Å². The predicted octanol–water partition coefficient (Wildman–Crippen LogP) is -0.474. The third kappa shape index (κ3) is 1.73. The molecule has 70 valence electrons. The van der Waals surface area contributed by atoms with Gasteiger partial charge in [-0.2, -0.15) is 0 Å². The Morgan fingerprint density at radius 3 is 2.58 bits per heavy atom. The summed E-state index contributed by atoms with van der Waals surface area (Å²) >= 11 is 11.7. The van der Waals surface area contributed by atoms with Crippen molar-refractivity contribution in [2.24, 2.45) is 0 Å². The van der Waals surface area contributed by atoms with Gasteiger partial charge in [0, 0.05) is 7.11 Å². The van der Waals surface area contributed by atoms with Gasteiger partial charge in [0.15, 0.2) is 4.33 Å². The van der Waals surface area contributed by atoms with Crippen LogP contribution in [0.25, 0.3) is 0 Å². The molecule has 0 spiro atoms. The monoisotopic (exact) mass is 212 g/mol. The quantitative estimate of drug-likeness (QED) is 0.497. The molecule has 1 heterocycles. The molecule has 0 saturated carbocycles. The Morgan fingerprint density at radius 2 is 2.25 bits per heavy atom. The molecule has 1 fully saturated rings. The summed E-state index contributed by atoms with van der Waals surface area (Å²) in [7, 11) is 3.25. The van der Waals surface area contributed by atoms with Crippen LogP contribution in [0.1, 0.15) is 0 Å². The Labute approximate surface area is 82.3 Å². The van der Waals surface area contributed by atoms with Crippen molar-refractivity contribution in [2.75, 3.05) is 13.7 Å². The Morgan fingerprint density at radius 1 is 1.67 bits per heavy atom. The van der Waals surface area contributed by atoms with E-state index in [2.05, 4.69) is 0 Å². The summed E-state index contributed by atoms with van der Waals surface area (Å²) in [5.74, 6) is 0. The van der Waals surface area contributed by atoms with Crippen LogP contribution in [0, 0.1) is 0 Å². The lowest BCUT2D eigenvalue weighted by Gasteiger charge is -2.20. The minimum atomic E-state index is -1.22. The number of hydrogen-bond acceptors (Lipinski definition) is 3. The van der Waals surface area contributed by atoms with Gasteiger partial charge in [-0.05, 0) is 0 Å². The number of halogens is 2. The first kappa shape index (κ1) is 10.6. The van der Waals surface area contributed by atoms with Crippen molar-refractivity contribution < 1.29 is 14.6 Å². The molecular formula is C6H11BCl2O3. The van der Waals surface area contributed by atoms with Crippen LogP contribution in [0.15, 0.2) is 0 Å². The van der Waals surface area contributed by atoms with Crippen molar-refractivity contribution in [3.8, 4) is 0 Å². The molecule has 1 aliphatic rings. The average molecular weight is 213 g/mol. The van der Waals surface area contributed by atoms with Gasteiger partial charge in [0.05, 0.1) is 12.6 Å². The summed E-state index contributed by atoms with van der Waals surface area (Å²) in [6.45, 7) is 0.298. The lowest BCUT2D eigenvalue weighted by molar-refractivity contribution is -0.0175. The molecule has 0 radical (unpaired) electrons. The van der Waals surface area contributed by atoms with Gasteiger partial charge >= 0.3 is 0 Å². The van der Waals surface area contributed by atoms with Crippen LogP contribution in [-0.2, 0) is 9.47 Å². The summed E-state index contributed by atoms with van der Waals surface area (Å²) in [6.07, 6.45) is -1.32. The van der Waals surface area contributed by atoms with Gasteiger partial charge < -0.3 is 14.6 Å². The number of ether oxygens (including phenoxy) is 2. The van der Waals surface area contributed by atoms with Crippen molar-refractivity contribution in [2.45, 2.75) is 22.5 Å². The summed E-state index contributed by atoms with van der Waals surface area (Å²) < 4.78 is 8.91. The third-order valence-corrected chi connectivity index (χ3v) is 3.06. The highest BCUT2D eigenvalue weighted by Gasteiger charge is 2.51. The van der Waals surface area contributed by atoms with E-state index in [1.165, 1.54) is 7.11 Å². The Hall–Kier alpha value is 0.525. The van der Waals surface area contributed by atoms with Gasteiger partial charge in [-0.25, -0.2) is 0 Å². The van der Waals surface area contributed by atoms with E-state index in [0.717, 1.165) is 0 Å². The van der Waals surface area contributed by atoms with E-state index in [9.17, 15) is 5.11 Å².